The Kier molecular flexibility index (Phi) is 5.53. The molecule has 0 saturated carbocycles. The lowest BCUT2D eigenvalue weighted by Gasteiger charge is -2.27. The van der Waals surface area contributed by atoms with Gasteiger partial charge in [0.1, 0.15) is 0 Å². The van der Waals surface area contributed by atoms with Crippen LogP contribution in [0.5, 0.6) is 0 Å². The highest BCUT2D eigenvalue weighted by molar-refractivity contribution is 6.20. The molecule has 0 spiro atoms. The lowest BCUT2D eigenvalue weighted by molar-refractivity contribution is 1.29. The molecule has 8 aromatic rings. The van der Waals surface area contributed by atoms with Crippen LogP contribution in [0, 0.1) is 0 Å². The van der Waals surface area contributed by atoms with Crippen LogP contribution in [-0.4, -0.2) is 0 Å². The van der Waals surface area contributed by atoms with Crippen LogP contribution >= 0.6 is 0 Å². The molecule has 0 N–H and O–H groups in total. The lowest BCUT2D eigenvalue weighted by Crippen LogP contribution is -2.10. The van der Waals surface area contributed by atoms with Crippen molar-refractivity contribution in [2.24, 2.45) is 0 Å². The van der Waals surface area contributed by atoms with Gasteiger partial charge in [-0.2, -0.15) is 0 Å². The Morgan fingerprint density at radius 2 is 0.854 bits per heavy atom. The zero-order valence-corrected chi connectivity index (χ0v) is 22.5. The minimum absolute atomic E-state index is 1.13. The molecule has 41 heavy (non-hydrogen) atoms. The van der Waals surface area contributed by atoms with Crippen LogP contribution in [0.25, 0.3) is 54.2 Å². The third-order valence-corrected chi connectivity index (χ3v) is 8.17. The van der Waals surface area contributed by atoms with Crippen molar-refractivity contribution < 1.29 is 0 Å². The van der Waals surface area contributed by atoms with Crippen molar-refractivity contribution >= 4 is 60.2 Å². The molecule has 0 unspecified atom stereocenters. The van der Waals surface area contributed by atoms with Gasteiger partial charge in [0, 0.05) is 17.1 Å². The summed E-state index contributed by atoms with van der Waals surface area (Å²) in [5.74, 6) is 0. The molecule has 0 heterocycles. The molecular formula is C40H27N. The molecule has 1 nitrogen and oxygen atoms in total. The Morgan fingerprint density at radius 1 is 0.293 bits per heavy atom. The van der Waals surface area contributed by atoms with Crippen LogP contribution in [0.15, 0.2) is 164 Å². The standard InChI is InChI=1S/C40H27N/c1-2-9-28(10-3-1)33-14-8-15-35(25-33)41(36-22-21-29-11-4-5-13-32(29)26-36)37-23-24-39-34(27-37)20-19-31-18-17-30-12-6-7-16-38(30)40(31)39/h1-27H. The van der Waals surface area contributed by atoms with Gasteiger partial charge in [-0.05, 0) is 90.6 Å². The highest BCUT2D eigenvalue weighted by Crippen LogP contribution is 2.40. The number of benzene rings is 8. The minimum Gasteiger partial charge on any atom is -0.310 e. The van der Waals surface area contributed by atoms with Crippen LogP contribution in [0.4, 0.5) is 17.1 Å². The SMILES string of the molecule is c1ccc(-c2cccc(N(c3ccc4ccccc4c3)c3ccc4c(ccc5ccc6ccccc6c54)c3)c2)cc1. The van der Waals surface area contributed by atoms with E-state index >= 15 is 0 Å². The first-order valence-corrected chi connectivity index (χ1v) is 14.1. The van der Waals surface area contributed by atoms with Crippen LogP contribution in [0.3, 0.4) is 0 Å². The summed E-state index contributed by atoms with van der Waals surface area (Å²) in [7, 11) is 0. The molecule has 0 fully saturated rings. The quantitative estimate of drug-likeness (QED) is 0.208. The smallest absolute Gasteiger partial charge is 0.0468 e. The summed E-state index contributed by atoms with van der Waals surface area (Å²) in [6.07, 6.45) is 0. The number of rotatable bonds is 4. The van der Waals surface area contributed by atoms with E-state index in [4.69, 9.17) is 0 Å². The number of fused-ring (bicyclic) bond motifs is 6. The Balaban J connectivity index is 1.35. The number of nitrogens with zero attached hydrogens (tertiary/aromatic N) is 1. The minimum atomic E-state index is 1.13. The summed E-state index contributed by atoms with van der Waals surface area (Å²) in [6, 6.07) is 59.3. The van der Waals surface area contributed by atoms with E-state index in [1.54, 1.807) is 0 Å². The highest BCUT2D eigenvalue weighted by atomic mass is 15.1. The summed E-state index contributed by atoms with van der Waals surface area (Å²) in [5, 5.41) is 10.1. The maximum Gasteiger partial charge on any atom is 0.0468 e. The molecule has 0 bridgehead atoms. The van der Waals surface area contributed by atoms with Crippen molar-refractivity contribution in [1.29, 1.82) is 0 Å². The van der Waals surface area contributed by atoms with Crippen molar-refractivity contribution in [2.45, 2.75) is 0 Å². The van der Waals surface area contributed by atoms with Gasteiger partial charge in [-0.15, -0.1) is 0 Å². The van der Waals surface area contributed by atoms with Crippen molar-refractivity contribution in [2.75, 3.05) is 4.90 Å². The van der Waals surface area contributed by atoms with Gasteiger partial charge in [-0.25, -0.2) is 0 Å². The van der Waals surface area contributed by atoms with Gasteiger partial charge in [0.15, 0.2) is 0 Å². The monoisotopic (exact) mass is 521 g/mol. The van der Waals surface area contributed by atoms with E-state index in [9.17, 15) is 0 Å². The van der Waals surface area contributed by atoms with Crippen LogP contribution in [0.2, 0.25) is 0 Å². The number of hydrogen-bond acceptors (Lipinski definition) is 1. The fourth-order valence-electron chi connectivity index (χ4n) is 6.18. The molecule has 0 aliphatic heterocycles. The molecule has 0 aliphatic rings. The molecule has 1 heteroatoms. The molecule has 0 saturated heterocycles. The van der Waals surface area contributed by atoms with E-state index in [1.807, 2.05) is 0 Å². The molecule has 0 aliphatic carbocycles. The van der Waals surface area contributed by atoms with E-state index in [-0.39, 0.29) is 0 Å². The second kappa shape index (κ2) is 9.66. The van der Waals surface area contributed by atoms with E-state index in [2.05, 4.69) is 169 Å². The predicted molar refractivity (Wildman–Crippen MR) is 177 cm³/mol. The molecule has 8 aromatic carbocycles. The molecule has 8 rings (SSSR count). The Bertz CT molecular complexity index is 2210. The second-order valence-electron chi connectivity index (χ2n) is 10.6. The van der Waals surface area contributed by atoms with Gasteiger partial charge < -0.3 is 4.90 Å². The maximum atomic E-state index is 2.38. The van der Waals surface area contributed by atoms with Gasteiger partial charge in [0.25, 0.3) is 0 Å². The lowest BCUT2D eigenvalue weighted by atomic mass is 9.96. The third-order valence-electron chi connectivity index (χ3n) is 8.17. The first-order chi connectivity index (χ1) is 20.3. The van der Waals surface area contributed by atoms with Gasteiger partial charge in [-0.3, -0.25) is 0 Å². The van der Waals surface area contributed by atoms with E-state index in [0.29, 0.717) is 0 Å². The molecule has 0 aromatic heterocycles. The Labute approximate surface area is 239 Å². The van der Waals surface area contributed by atoms with Gasteiger partial charge in [0.2, 0.25) is 0 Å². The summed E-state index contributed by atoms with van der Waals surface area (Å²) in [6.45, 7) is 0. The summed E-state index contributed by atoms with van der Waals surface area (Å²) < 4.78 is 0. The van der Waals surface area contributed by atoms with E-state index in [0.717, 1.165) is 17.1 Å². The zero-order chi connectivity index (χ0) is 27.2. The first-order valence-electron chi connectivity index (χ1n) is 14.1. The van der Waals surface area contributed by atoms with Crippen molar-refractivity contribution in [3.8, 4) is 11.1 Å². The fourth-order valence-corrected chi connectivity index (χ4v) is 6.18. The van der Waals surface area contributed by atoms with Crippen LogP contribution in [0.1, 0.15) is 0 Å². The highest BCUT2D eigenvalue weighted by Gasteiger charge is 2.16. The molecule has 192 valence electrons. The zero-order valence-electron chi connectivity index (χ0n) is 22.5. The Morgan fingerprint density at radius 3 is 1.71 bits per heavy atom. The van der Waals surface area contributed by atoms with Crippen LogP contribution in [-0.2, 0) is 0 Å². The fraction of sp³-hybridized carbons (Fsp3) is 0. The van der Waals surface area contributed by atoms with Crippen molar-refractivity contribution in [3.63, 3.8) is 0 Å². The van der Waals surface area contributed by atoms with Crippen molar-refractivity contribution in [1.82, 2.24) is 0 Å². The molecule has 0 amide bonds. The normalized spacial score (nSPS) is 11.4. The largest absolute Gasteiger partial charge is 0.310 e. The van der Waals surface area contributed by atoms with E-state index < -0.39 is 0 Å². The molecular weight excluding hydrogens is 494 g/mol. The second-order valence-corrected chi connectivity index (χ2v) is 10.6. The molecule has 0 atom stereocenters. The van der Waals surface area contributed by atoms with Crippen molar-refractivity contribution in [3.05, 3.63) is 164 Å². The van der Waals surface area contributed by atoms with Crippen LogP contribution < -0.4 is 4.90 Å². The maximum absolute atomic E-state index is 2.38. The summed E-state index contributed by atoms with van der Waals surface area (Å²) in [4.78, 5) is 2.38. The number of anilines is 3. The van der Waals surface area contributed by atoms with E-state index in [1.165, 1.54) is 54.2 Å². The third kappa shape index (κ3) is 4.11. The number of hydrogen-bond donors (Lipinski definition) is 0. The summed E-state index contributed by atoms with van der Waals surface area (Å²) >= 11 is 0. The topological polar surface area (TPSA) is 3.24 Å². The molecule has 0 radical (unpaired) electrons. The average molecular weight is 522 g/mol. The van der Waals surface area contributed by atoms with Gasteiger partial charge >= 0.3 is 0 Å². The van der Waals surface area contributed by atoms with Gasteiger partial charge in [-0.1, -0.05) is 127 Å². The van der Waals surface area contributed by atoms with Gasteiger partial charge in [0.05, 0.1) is 0 Å². The first kappa shape index (κ1) is 23.5. The predicted octanol–water partition coefficient (Wildman–Crippen LogP) is 11.4. The average Bonchev–Trinajstić information content (AvgIpc) is 3.05. The Hall–Kier alpha value is -5.40. The summed E-state index contributed by atoms with van der Waals surface area (Å²) in [5.41, 5.74) is 5.82.